The minimum Gasteiger partial charge on any atom is -0.508 e. The number of fused-ring (bicyclic) bond motifs is 1. The smallest absolute Gasteiger partial charge is 0.332 e. The highest BCUT2D eigenvalue weighted by molar-refractivity contribution is 6.09. The van der Waals surface area contributed by atoms with Gasteiger partial charge in [-0.25, -0.2) is 9.78 Å². The Morgan fingerprint density at radius 1 is 0.931 bits per heavy atom. The molecule has 0 saturated carbocycles. The van der Waals surface area contributed by atoms with E-state index in [0.717, 1.165) is 10.1 Å². The highest BCUT2D eigenvalue weighted by atomic mass is 16.3. The third-order valence-electron chi connectivity index (χ3n) is 4.92. The second-order valence-corrected chi connectivity index (χ2v) is 6.82. The highest BCUT2D eigenvalue weighted by Gasteiger charge is 2.15. The van der Waals surface area contributed by atoms with Crippen molar-refractivity contribution in [2.24, 2.45) is 14.1 Å². The quantitative estimate of drug-likeness (QED) is 0.532. The molecule has 0 aliphatic heterocycles. The number of hydrogen-bond acceptors (Lipinski definition) is 5. The lowest BCUT2D eigenvalue weighted by atomic mass is 10.0. The van der Waals surface area contributed by atoms with Crippen LogP contribution in [0.25, 0.3) is 11.2 Å². The van der Waals surface area contributed by atoms with E-state index >= 15 is 0 Å². The summed E-state index contributed by atoms with van der Waals surface area (Å²) >= 11 is 0. The molecule has 0 unspecified atom stereocenters. The Kier molecular flexibility index (Phi) is 4.38. The van der Waals surface area contributed by atoms with Crippen molar-refractivity contribution in [2.75, 3.05) is 0 Å². The normalized spacial score (nSPS) is 11.1. The number of imidazole rings is 1. The number of rotatable bonds is 4. The molecule has 0 atom stereocenters. The van der Waals surface area contributed by atoms with E-state index in [2.05, 4.69) is 4.98 Å². The van der Waals surface area contributed by atoms with Crippen LogP contribution in [0.1, 0.15) is 21.5 Å². The Balaban J connectivity index is 1.65. The molecule has 4 aromatic rings. The van der Waals surface area contributed by atoms with Gasteiger partial charge in [-0.2, -0.15) is 0 Å². The van der Waals surface area contributed by atoms with Crippen molar-refractivity contribution in [3.63, 3.8) is 0 Å². The molecule has 8 nitrogen and oxygen atoms in total. The fraction of sp³-hybridized carbons (Fsp3) is 0.143. The molecule has 0 aliphatic rings. The maximum absolute atomic E-state index is 12.5. The number of benzene rings is 2. The van der Waals surface area contributed by atoms with Crippen molar-refractivity contribution in [3.05, 3.63) is 92.4 Å². The number of hydrogen-bond donors (Lipinski definition) is 1. The number of carbonyl (C=O) groups excluding carboxylic acids is 1. The highest BCUT2D eigenvalue weighted by Crippen LogP contribution is 2.16. The van der Waals surface area contributed by atoms with Crippen LogP contribution in [0.5, 0.6) is 5.75 Å². The predicted octanol–water partition coefficient (Wildman–Crippen LogP) is 1.42. The van der Waals surface area contributed by atoms with Gasteiger partial charge in [0, 0.05) is 31.8 Å². The number of phenolic OH excluding ortho intramolecular Hbond substituents is 1. The zero-order valence-electron chi connectivity index (χ0n) is 15.9. The predicted molar refractivity (Wildman–Crippen MR) is 107 cm³/mol. The van der Waals surface area contributed by atoms with Gasteiger partial charge in [0.1, 0.15) is 5.75 Å². The van der Waals surface area contributed by atoms with E-state index in [1.54, 1.807) is 35.9 Å². The lowest BCUT2D eigenvalue weighted by Crippen LogP contribution is -2.37. The Hall–Kier alpha value is -3.94. The maximum atomic E-state index is 12.5. The van der Waals surface area contributed by atoms with Crippen LogP contribution in [0.2, 0.25) is 0 Å². The van der Waals surface area contributed by atoms with Crippen LogP contribution in [0.4, 0.5) is 0 Å². The van der Waals surface area contributed by atoms with E-state index in [0.29, 0.717) is 28.8 Å². The molecule has 2 heterocycles. The average Bonchev–Trinajstić information content (AvgIpc) is 3.15. The molecule has 29 heavy (non-hydrogen) atoms. The summed E-state index contributed by atoms with van der Waals surface area (Å²) < 4.78 is 4.08. The van der Waals surface area contributed by atoms with E-state index in [1.165, 1.54) is 30.1 Å². The Labute approximate surface area is 164 Å². The SMILES string of the molecule is Cn1c(=O)c2c(ncn2Cc2ccc(C(=O)c3ccc(O)cc3)cc2)n(C)c1=O. The van der Waals surface area contributed by atoms with Gasteiger partial charge in [-0.05, 0) is 29.8 Å². The standard InChI is InChI=1S/C21H18N4O4/c1-23-19-17(20(28)24(2)21(23)29)25(12-22-19)11-13-3-5-14(6-4-13)18(27)15-7-9-16(26)10-8-15/h3-10,12,26H,11H2,1-2H3. The van der Waals surface area contributed by atoms with Crippen LogP contribution in [-0.4, -0.2) is 29.6 Å². The van der Waals surface area contributed by atoms with Gasteiger partial charge in [0.05, 0.1) is 6.33 Å². The third-order valence-corrected chi connectivity index (χ3v) is 4.92. The molecule has 0 aliphatic carbocycles. The van der Waals surface area contributed by atoms with Crippen molar-refractivity contribution in [2.45, 2.75) is 6.54 Å². The topological polar surface area (TPSA) is 99.1 Å². The number of nitrogens with zero attached hydrogens (tertiary/aromatic N) is 4. The molecule has 2 aromatic heterocycles. The molecule has 146 valence electrons. The maximum Gasteiger partial charge on any atom is 0.332 e. The summed E-state index contributed by atoms with van der Waals surface area (Å²) in [6.45, 7) is 0.373. The number of aromatic nitrogens is 4. The summed E-state index contributed by atoms with van der Waals surface area (Å²) in [5, 5.41) is 9.35. The number of aryl methyl sites for hydroxylation is 1. The Morgan fingerprint density at radius 2 is 1.52 bits per heavy atom. The minimum atomic E-state index is -0.426. The van der Waals surface area contributed by atoms with E-state index in [9.17, 15) is 19.5 Å². The molecular formula is C21H18N4O4. The fourth-order valence-corrected chi connectivity index (χ4v) is 3.25. The second-order valence-electron chi connectivity index (χ2n) is 6.82. The average molecular weight is 390 g/mol. The summed E-state index contributed by atoms with van der Waals surface area (Å²) in [7, 11) is 3.01. The zero-order chi connectivity index (χ0) is 20.7. The van der Waals surface area contributed by atoms with Crippen molar-refractivity contribution in [3.8, 4) is 5.75 Å². The van der Waals surface area contributed by atoms with Gasteiger partial charge in [-0.3, -0.25) is 18.7 Å². The molecule has 4 rings (SSSR count). The number of ketones is 1. The van der Waals surface area contributed by atoms with Crippen molar-refractivity contribution >= 4 is 16.9 Å². The molecule has 0 saturated heterocycles. The van der Waals surface area contributed by atoms with Gasteiger partial charge >= 0.3 is 5.69 Å². The first kappa shape index (κ1) is 18.4. The van der Waals surface area contributed by atoms with E-state index < -0.39 is 11.2 Å². The number of phenols is 1. The van der Waals surface area contributed by atoms with Gasteiger partial charge in [0.2, 0.25) is 0 Å². The molecule has 8 heteroatoms. The van der Waals surface area contributed by atoms with Gasteiger partial charge in [0.25, 0.3) is 5.56 Å². The first-order valence-electron chi connectivity index (χ1n) is 8.90. The van der Waals surface area contributed by atoms with Gasteiger partial charge in [-0.15, -0.1) is 0 Å². The van der Waals surface area contributed by atoms with Crippen molar-refractivity contribution in [1.29, 1.82) is 0 Å². The fourth-order valence-electron chi connectivity index (χ4n) is 3.25. The Morgan fingerprint density at radius 3 is 2.14 bits per heavy atom. The first-order valence-corrected chi connectivity index (χ1v) is 8.90. The van der Waals surface area contributed by atoms with Gasteiger partial charge < -0.3 is 9.67 Å². The van der Waals surface area contributed by atoms with Crippen LogP contribution < -0.4 is 11.2 Å². The molecule has 0 amide bonds. The van der Waals surface area contributed by atoms with Gasteiger partial charge in [-0.1, -0.05) is 24.3 Å². The monoisotopic (exact) mass is 390 g/mol. The van der Waals surface area contributed by atoms with Crippen molar-refractivity contribution < 1.29 is 9.90 Å². The summed E-state index contributed by atoms with van der Waals surface area (Å²) in [6.07, 6.45) is 1.53. The third kappa shape index (κ3) is 3.14. The zero-order valence-corrected chi connectivity index (χ0v) is 15.9. The minimum absolute atomic E-state index is 0.105. The summed E-state index contributed by atoms with van der Waals surface area (Å²) in [4.78, 5) is 41.3. The molecule has 2 aromatic carbocycles. The molecule has 1 N–H and O–H groups in total. The van der Waals surface area contributed by atoms with Crippen LogP contribution in [0.15, 0.2) is 64.4 Å². The second kappa shape index (κ2) is 6.90. The van der Waals surface area contributed by atoms with Gasteiger partial charge in [0.15, 0.2) is 16.9 Å². The van der Waals surface area contributed by atoms with Crippen LogP contribution in [0, 0.1) is 0 Å². The van der Waals surface area contributed by atoms with Crippen molar-refractivity contribution in [1.82, 2.24) is 18.7 Å². The molecule has 0 radical (unpaired) electrons. The van der Waals surface area contributed by atoms with Crippen LogP contribution in [-0.2, 0) is 20.6 Å². The summed E-state index contributed by atoms with van der Waals surface area (Å²) in [5.74, 6) is -0.0402. The van der Waals surface area contributed by atoms with Crippen LogP contribution >= 0.6 is 0 Å². The summed E-state index contributed by atoms with van der Waals surface area (Å²) in [5.41, 5.74) is 1.73. The number of carbonyl (C=O) groups is 1. The Bertz CT molecular complexity index is 1340. The largest absolute Gasteiger partial charge is 0.508 e. The molecule has 0 fully saturated rings. The lowest BCUT2D eigenvalue weighted by molar-refractivity contribution is 0.103. The van der Waals surface area contributed by atoms with E-state index in [-0.39, 0.29) is 11.5 Å². The van der Waals surface area contributed by atoms with Crippen LogP contribution in [0.3, 0.4) is 0 Å². The molecule has 0 spiro atoms. The molecular weight excluding hydrogens is 372 g/mol. The summed E-state index contributed by atoms with van der Waals surface area (Å²) in [6, 6.07) is 13.2. The first-order chi connectivity index (χ1) is 13.9. The van der Waals surface area contributed by atoms with E-state index in [1.807, 2.05) is 12.1 Å². The number of aromatic hydroxyl groups is 1. The lowest BCUT2D eigenvalue weighted by Gasteiger charge is -2.08. The molecule has 0 bridgehead atoms. The van der Waals surface area contributed by atoms with E-state index in [4.69, 9.17) is 0 Å².